The van der Waals surface area contributed by atoms with E-state index < -0.39 is 0 Å². The van der Waals surface area contributed by atoms with E-state index in [0.29, 0.717) is 6.04 Å². The van der Waals surface area contributed by atoms with Gasteiger partial charge in [0.2, 0.25) is 0 Å². The van der Waals surface area contributed by atoms with Gasteiger partial charge in [0.05, 0.1) is 6.61 Å². The number of likely N-dealkylation sites (N-methyl/N-ethyl adjacent to an activating group) is 1. The molecule has 0 spiro atoms. The van der Waals surface area contributed by atoms with Gasteiger partial charge in [-0.15, -0.1) is 0 Å². The van der Waals surface area contributed by atoms with Gasteiger partial charge in [0, 0.05) is 29.2 Å². The third kappa shape index (κ3) is 4.76. The lowest BCUT2D eigenvalue weighted by molar-refractivity contribution is 0.225. The first-order valence-corrected chi connectivity index (χ1v) is 8.31. The van der Waals surface area contributed by atoms with Crippen LogP contribution in [0.5, 0.6) is 5.75 Å². The zero-order valence-electron chi connectivity index (χ0n) is 12.5. The average molecular weight is 341 g/mol. The van der Waals surface area contributed by atoms with Gasteiger partial charge in [-0.1, -0.05) is 22.9 Å². The molecule has 112 valence electrons. The number of likely N-dealkylation sites (tertiary alicyclic amines) is 1. The Morgan fingerprint density at radius 1 is 1.45 bits per heavy atom. The van der Waals surface area contributed by atoms with Crippen molar-refractivity contribution in [2.45, 2.75) is 38.8 Å². The van der Waals surface area contributed by atoms with Crippen molar-refractivity contribution in [1.82, 2.24) is 10.2 Å². The molecule has 1 atom stereocenters. The summed E-state index contributed by atoms with van der Waals surface area (Å²) in [6.07, 6.45) is 3.59. The smallest absolute Gasteiger partial charge is 0.123 e. The maximum atomic E-state index is 5.83. The lowest BCUT2D eigenvalue weighted by Gasteiger charge is -2.30. The molecule has 1 heterocycles. The Balaban J connectivity index is 1.94. The number of piperidine rings is 1. The number of ether oxygens (including phenoxy) is 1. The molecule has 0 aromatic heterocycles. The maximum Gasteiger partial charge on any atom is 0.123 e. The highest BCUT2D eigenvalue weighted by Crippen LogP contribution is 2.24. The van der Waals surface area contributed by atoms with E-state index in [1.54, 1.807) is 0 Å². The normalized spacial score (nSPS) is 20.1. The van der Waals surface area contributed by atoms with Gasteiger partial charge in [0.1, 0.15) is 5.75 Å². The summed E-state index contributed by atoms with van der Waals surface area (Å²) in [6, 6.07) is 6.85. The van der Waals surface area contributed by atoms with E-state index in [-0.39, 0.29) is 0 Å². The Morgan fingerprint density at radius 2 is 2.30 bits per heavy atom. The van der Waals surface area contributed by atoms with E-state index in [0.717, 1.165) is 36.3 Å². The van der Waals surface area contributed by atoms with Gasteiger partial charge >= 0.3 is 0 Å². The summed E-state index contributed by atoms with van der Waals surface area (Å²) in [7, 11) is 2.20. The van der Waals surface area contributed by atoms with Gasteiger partial charge in [-0.2, -0.15) is 0 Å². The van der Waals surface area contributed by atoms with Gasteiger partial charge in [0.25, 0.3) is 0 Å². The molecule has 2 rings (SSSR count). The Hall–Kier alpha value is -0.580. The van der Waals surface area contributed by atoms with Crippen LogP contribution in [0.25, 0.3) is 0 Å². The van der Waals surface area contributed by atoms with Crippen LogP contribution in [0.15, 0.2) is 22.7 Å². The lowest BCUT2D eigenvalue weighted by atomic mass is 10.1. The van der Waals surface area contributed by atoms with E-state index in [9.17, 15) is 0 Å². The van der Waals surface area contributed by atoms with Crippen molar-refractivity contribution in [3.63, 3.8) is 0 Å². The third-order valence-electron chi connectivity index (χ3n) is 3.69. The highest BCUT2D eigenvalue weighted by molar-refractivity contribution is 9.10. The molecule has 4 heteroatoms. The highest BCUT2D eigenvalue weighted by Gasteiger charge is 2.17. The minimum Gasteiger partial charge on any atom is -0.493 e. The molecule has 1 unspecified atom stereocenters. The van der Waals surface area contributed by atoms with Crippen molar-refractivity contribution in [3.05, 3.63) is 28.2 Å². The molecule has 0 saturated carbocycles. The quantitative estimate of drug-likeness (QED) is 0.858. The minimum absolute atomic E-state index is 0.590. The number of benzene rings is 1. The highest BCUT2D eigenvalue weighted by atomic mass is 79.9. The van der Waals surface area contributed by atoms with Crippen molar-refractivity contribution in [3.8, 4) is 5.75 Å². The molecule has 0 radical (unpaired) electrons. The van der Waals surface area contributed by atoms with Crippen LogP contribution in [0.1, 0.15) is 31.7 Å². The minimum atomic E-state index is 0.590. The standard InChI is InChI=1S/C16H25BrN2O/c1-3-9-20-16-7-6-14(17)10-13(16)11-18-15-5-4-8-19(2)12-15/h6-7,10,15,18H,3-5,8-9,11-12H2,1-2H3. The van der Waals surface area contributed by atoms with Gasteiger partial charge in [0.15, 0.2) is 0 Å². The fourth-order valence-electron chi connectivity index (χ4n) is 2.63. The molecule has 0 aliphatic carbocycles. The predicted molar refractivity (Wildman–Crippen MR) is 87.3 cm³/mol. The summed E-state index contributed by atoms with van der Waals surface area (Å²) in [4.78, 5) is 2.40. The van der Waals surface area contributed by atoms with Crippen LogP contribution in [-0.2, 0) is 6.54 Å². The molecular weight excluding hydrogens is 316 g/mol. The van der Waals surface area contributed by atoms with Crippen molar-refractivity contribution in [1.29, 1.82) is 0 Å². The Morgan fingerprint density at radius 3 is 3.05 bits per heavy atom. The van der Waals surface area contributed by atoms with E-state index in [1.165, 1.54) is 24.9 Å². The molecule has 1 N–H and O–H groups in total. The zero-order valence-corrected chi connectivity index (χ0v) is 14.1. The molecule has 0 amide bonds. The van der Waals surface area contributed by atoms with Gasteiger partial charge in [-0.05, 0) is 51.1 Å². The second kappa shape index (κ2) is 8.01. The maximum absolute atomic E-state index is 5.83. The summed E-state index contributed by atoms with van der Waals surface area (Å²) in [5.74, 6) is 1.01. The van der Waals surface area contributed by atoms with E-state index in [2.05, 4.69) is 52.3 Å². The van der Waals surface area contributed by atoms with Crippen molar-refractivity contribution in [2.75, 3.05) is 26.7 Å². The molecule has 3 nitrogen and oxygen atoms in total. The van der Waals surface area contributed by atoms with Crippen molar-refractivity contribution < 1.29 is 4.74 Å². The predicted octanol–water partition coefficient (Wildman–Crippen LogP) is 3.42. The monoisotopic (exact) mass is 340 g/mol. The summed E-state index contributed by atoms with van der Waals surface area (Å²) < 4.78 is 6.94. The van der Waals surface area contributed by atoms with E-state index in [4.69, 9.17) is 4.74 Å². The van der Waals surface area contributed by atoms with Crippen molar-refractivity contribution >= 4 is 15.9 Å². The summed E-state index contributed by atoms with van der Waals surface area (Å²) in [5, 5.41) is 3.67. The molecular formula is C16H25BrN2O. The van der Waals surface area contributed by atoms with Gasteiger partial charge in [-0.3, -0.25) is 0 Å². The summed E-state index contributed by atoms with van der Waals surface area (Å²) >= 11 is 3.55. The molecule has 0 bridgehead atoms. The third-order valence-corrected chi connectivity index (χ3v) is 4.18. The second-order valence-corrected chi connectivity index (χ2v) is 6.50. The summed E-state index contributed by atoms with van der Waals surface area (Å²) in [6.45, 7) is 6.14. The molecule has 1 aliphatic rings. The number of nitrogens with one attached hydrogen (secondary N) is 1. The molecule has 1 fully saturated rings. The molecule has 1 saturated heterocycles. The number of hydrogen-bond donors (Lipinski definition) is 1. The van der Waals surface area contributed by atoms with Crippen molar-refractivity contribution in [2.24, 2.45) is 0 Å². The number of hydrogen-bond acceptors (Lipinski definition) is 3. The van der Waals surface area contributed by atoms with Crippen LogP contribution in [0.3, 0.4) is 0 Å². The second-order valence-electron chi connectivity index (χ2n) is 5.58. The number of rotatable bonds is 6. The Bertz CT molecular complexity index is 425. The Labute approximate surface area is 130 Å². The topological polar surface area (TPSA) is 24.5 Å². The first kappa shape index (κ1) is 15.8. The Kier molecular flexibility index (Phi) is 6.33. The molecule has 1 aliphatic heterocycles. The van der Waals surface area contributed by atoms with Crippen LogP contribution >= 0.6 is 15.9 Å². The first-order valence-electron chi connectivity index (χ1n) is 7.52. The van der Waals surface area contributed by atoms with Crippen LogP contribution in [0, 0.1) is 0 Å². The largest absolute Gasteiger partial charge is 0.493 e. The fourth-order valence-corrected chi connectivity index (χ4v) is 3.03. The lowest BCUT2D eigenvalue weighted by Crippen LogP contribution is -2.43. The molecule has 1 aromatic carbocycles. The van der Waals surface area contributed by atoms with Gasteiger partial charge < -0.3 is 15.0 Å². The van der Waals surface area contributed by atoms with Crippen LogP contribution in [-0.4, -0.2) is 37.7 Å². The number of halogens is 1. The van der Waals surface area contributed by atoms with E-state index >= 15 is 0 Å². The van der Waals surface area contributed by atoms with Crippen LogP contribution in [0.2, 0.25) is 0 Å². The average Bonchev–Trinajstić information content (AvgIpc) is 2.44. The van der Waals surface area contributed by atoms with Crippen LogP contribution in [0.4, 0.5) is 0 Å². The SMILES string of the molecule is CCCOc1ccc(Br)cc1CNC1CCCN(C)C1. The molecule has 20 heavy (non-hydrogen) atoms. The van der Waals surface area contributed by atoms with E-state index in [1.807, 2.05) is 6.07 Å². The summed E-state index contributed by atoms with van der Waals surface area (Å²) in [5.41, 5.74) is 1.24. The molecule has 1 aromatic rings. The van der Waals surface area contributed by atoms with Crippen LogP contribution < -0.4 is 10.1 Å². The van der Waals surface area contributed by atoms with Gasteiger partial charge in [-0.25, -0.2) is 0 Å². The zero-order chi connectivity index (χ0) is 14.4. The first-order chi connectivity index (χ1) is 9.69. The fraction of sp³-hybridized carbons (Fsp3) is 0.625. The number of nitrogens with zero attached hydrogens (tertiary/aromatic N) is 1.